The second kappa shape index (κ2) is 9.45. The van der Waals surface area contributed by atoms with Gasteiger partial charge in [0.15, 0.2) is 0 Å². The Balaban J connectivity index is 1.86. The molecule has 1 aliphatic rings. The highest BCUT2D eigenvalue weighted by atomic mass is 16.5. The summed E-state index contributed by atoms with van der Waals surface area (Å²) in [7, 11) is 3.23. The monoisotopic (exact) mass is 378 g/mol. The predicted molar refractivity (Wildman–Crippen MR) is 104 cm³/mol. The van der Waals surface area contributed by atoms with E-state index >= 15 is 0 Å². The average Bonchev–Trinajstić information content (AvgIpc) is 3.13. The van der Waals surface area contributed by atoms with Gasteiger partial charge >= 0.3 is 0 Å². The number of anilines is 1. The van der Waals surface area contributed by atoms with Crippen LogP contribution in [0, 0.1) is 5.92 Å². The van der Waals surface area contributed by atoms with Crippen molar-refractivity contribution in [2.24, 2.45) is 11.7 Å². The quantitative estimate of drug-likeness (QED) is 0.608. The lowest BCUT2D eigenvalue weighted by Crippen LogP contribution is -2.48. The second-order valence-corrected chi connectivity index (χ2v) is 7.06. The molecule has 1 aromatic carbocycles. The van der Waals surface area contributed by atoms with E-state index in [2.05, 4.69) is 15.5 Å². The number of nitrogens with one attached hydrogen (secondary N) is 2. The Morgan fingerprint density at radius 1 is 1.22 bits per heavy atom. The van der Waals surface area contributed by atoms with Gasteiger partial charge in [0.25, 0.3) is 0 Å². The summed E-state index contributed by atoms with van der Waals surface area (Å²) in [6.45, 7) is 5.16. The molecule has 1 unspecified atom stereocenters. The van der Waals surface area contributed by atoms with Gasteiger partial charge in [-0.3, -0.25) is 9.59 Å². The molecule has 8 nitrogen and oxygen atoms in total. The molecule has 1 aromatic rings. The Bertz CT molecular complexity index is 643. The Kier molecular flexibility index (Phi) is 7.29. The van der Waals surface area contributed by atoms with Crippen LogP contribution in [0.2, 0.25) is 0 Å². The molecule has 0 aliphatic carbocycles. The molecule has 27 heavy (non-hydrogen) atoms. The van der Waals surface area contributed by atoms with E-state index in [1.807, 2.05) is 32.0 Å². The lowest BCUT2D eigenvalue weighted by Gasteiger charge is -2.21. The van der Waals surface area contributed by atoms with Gasteiger partial charge in [-0.25, -0.2) is 0 Å². The molecule has 0 bridgehead atoms. The topological polar surface area (TPSA) is 106 Å². The molecular weight excluding hydrogens is 348 g/mol. The summed E-state index contributed by atoms with van der Waals surface area (Å²) >= 11 is 0. The van der Waals surface area contributed by atoms with Crippen LogP contribution in [-0.4, -0.2) is 57.8 Å². The first kappa shape index (κ1) is 20.8. The second-order valence-electron chi connectivity index (χ2n) is 7.06. The third kappa shape index (κ3) is 5.75. The number of hydrogen-bond acceptors (Lipinski definition) is 6. The third-order valence-corrected chi connectivity index (χ3v) is 4.70. The van der Waals surface area contributed by atoms with Crippen LogP contribution in [0.4, 0.5) is 5.69 Å². The first-order valence-electron chi connectivity index (χ1n) is 9.14. The molecule has 0 spiro atoms. The van der Waals surface area contributed by atoms with Crippen molar-refractivity contribution in [3.05, 3.63) is 18.2 Å². The van der Waals surface area contributed by atoms with Crippen LogP contribution in [0.1, 0.15) is 20.3 Å². The predicted octanol–water partition coefficient (Wildman–Crippen LogP) is 0.498. The van der Waals surface area contributed by atoms with Gasteiger partial charge in [-0.15, -0.1) is 0 Å². The summed E-state index contributed by atoms with van der Waals surface area (Å²) in [5.41, 5.74) is 6.75. The lowest BCUT2D eigenvalue weighted by molar-refractivity contribution is -0.127. The van der Waals surface area contributed by atoms with E-state index in [-0.39, 0.29) is 30.3 Å². The highest BCUT2D eigenvalue weighted by molar-refractivity contribution is 5.87. The molecule has 1 aliphatic heterocycles. The number of nitrogens with zero attached hydrogens (tertiary/aromatic N) is 1. The average molecular weight is 378 g/mol. The van der Waals surface area contributed by atoms with Crippen LogP contribution < -0.4 is 30.7 Å². The zero-order valence-corrected chi connectivity index (χ0v) is 16.5. The minimum Gasteiger partial charge on any atom is -0.497 e. The van der Waals surface area contributed by atoms with Gasteiger partial charge in [0.1, 0.15) is 11.5 Å². The smallest absolute Gasteiger partial charge is 0.239 e. The molecule has 2 rings (SSSR count). The number of carbonyl (C=O) groups is 2. The maximum atomic E-state index is 12.1. The third-order valence-electron chi connectivity index (χ3n) is 4.70. The first-order valence-corrected chi connectivity index (χ1v) is 9.14. The normalized spacial score (nSPS) is 17.6. The van der Waals surface area contributed by atoms with E-state index in [1.165, 1.54) is 0 Å². The van der Waals surface area contributed by atoms with E-state index in [0.717, 1.165) is 30.2 Å². The summed E-state index contributed by atoms with van der Waals surface area (Å²) in [6.07, 6.45) is 0.824. The van der Waals surface area contributed by atoms with Crippen LogP contribution in [0.5, 0.6) is 11.5 Å². The van der Waals surface area contributed by atoms with Gasteiger partial charge in [-0.2, -0.15) is 0 Å². The number of carbonyl (C=O) groups excluding carboxylic acids is 2. The van der Waals surface area contributed by atoms with Crippen molar-refractivity contribution >= 4 is 17.5 Å². The maximum absolute atomic E-state index is 12.1. The SMILES string of the molecule is COc1cc(OC)cc(N2CCC(NC(=O)CNC(=O)[C@@H](N)C(C)C)C2)c1. The van der Waals surface area contributed by atoms with Crippen molar-refractivity contribution in [1.82, 2.24) is 10.6 Å². The number of nitrogens with two attached hydrogens (primary N) is 1. The van der Waals surface area contributed by atoms with Gasteiger partial charge in [0.05, 0.1) is 26.8 Å². The van der Waals surface area contributed by atoms with Crippen LogP contribution in [-0.2, 0) is 9.59 Å². The number of rotatable bonds is 8. The van der Waals surface area contributed by atoms with Gasteiger partial charge < -0.3 is 30.7 Å². The lowest BCUT2D eigenvalue weighted by atomic mass is 10.1. The van der Waals surface area contributed by atoms with Crippen molar-refractivity contribution in [2.75, 3.05) is 38.8 Å². The zero-order valence-electron chi connectivity index (χ0n) is 16.5. The van der Waals surface area contributed by atoms with Gasteiger partial charge in [0, 0.05) is 43.0 Å². The largest absolute Gasteiger partial charge is 0.497 e. The van der Waals surface area contributed by atoms with E-state index < -0.39 is 6.04 Å². The summed E-state index contributed by atoms with van der Waals surface area (Å²) in [5.74, 6) is 0.949. The molecule has 0 saturated carbocycles. The fourth-order valence-electron chi connectivity index (χ4n) is 2.95. The first-order chi connectivity index (χ1) is 12.8. The minimum atomic E-state index is -0.609. The number of amides is 2. The molecule has 2 amide bonds. The molecule has 0 aromatic heterocycles. The fourth-order valence-corrected chi connectivity index (χ4v) is 2.95. The summed E-state index contributed by atoms with van der Waals surface area (Å²) < 4.78 is 10.6. The van der Waals surface area contributed by atoms with Crippen molar-refractivity contribution < 1.29 is 19.1 Å². The molecule has 2 atom stereocenters. The molecule has 150 valence electrons. The van der Waals surface area contributed by atoms with Crippen LogP contribution in [0.3, 0.4) is 0 Å². The van der Waals surface area contributed by atoms with E-state index in [0.29, 0.717) is 6.54 Å². The molecule has 1 heterocycles. The fraction of sp³-hybridized carbons (Fsp3) is 0.579. The molecule has 4 N–H and O–H groups in total. The summed E-state index contributed by atoms with van der Waals surface area (Å²) in [4.78, 5) is 26.1. The van der Waals surface area contributed by atoms with E-state index in [4.69, 9.17) is 15.2 Å². The zero-order chi connectivity index (χ0) is 20.0. The maximum Gasteiger partial charge on any atom is 0.239 e. The Morgan fingerprint density at radius 2 is 1.85 bits per heavy atom. The summed E-state index contributed by atoms with van der Waals surface area (Å²) in [5, 5.41) is 5.55. The van der Waals surface area contributed by atoms with Crippen molar-refractivity contribution in [3.8, 4) is 11.5 Å². The number of benzene rings is 1. The van der Waals surface area contributed by atoms with Gasteiger partial charge in [0.2, 0.25) is 11.8 Å². The van der Waals surface area contributed by atoms with Crippen LogP contribution in [0.25, 0.3) is 0 Å². The molecule has 8 heteroatoms. The van der Waals surface area contributed by atoms with Gasteiger partial charge in [-0.05, 0) is 12.3 Å². The highest BCUT2D eigenvalue weighted by Gasteiger charge is 2.25. The van der Waals surface area contributed by atoms with Crippen LogP contribution >= 0.6 is 0 Å². The molecular formula is C19H30N4O4. The van der Waals surface area contributed by atoms with Crippen molar-refractivity contribution in [3.63, 3.8) is 0 Å². The van der Waals surface area contributed by atoms with Gasteiger partial charge in [-0.1, -0.05) is 13.8 Å². The Labute approximate surface area is 160 Å². The molecule has 1 fully saturated rings. The molecule has 0 radical (unpaired) electrons. The number of ether oxygens (including phenoxy) is 2. The Morgan fingerprint density at radius 3 is 2.41 bits per heavy atom. The summed E-state index contributed by atoms with van der Waals surface area (Å²) in [6, 6.07) is 5.12. The van der Waals surface area contributed by atoms with E-state index in [1.54, 1.807) is 14.2 Å². The van der Waals surface area contributed by atoms with Crippen molar-refractivity contribution in [2.45, 2.75) is 32.4 Å². The number of hydrogen-bond donors (Lipinski definition) is 3. The van der Waals surface area contributed by atoms with Crippen LogP contribution in [0.15, 0.2) is 18.2 Å². The minimum absolute atomic E-state index is 0.0189. The highest BCUT2D eigenvalue weighted by Crippen LogP contribution is 2.30. The standard InChI is InChI=1S/C19H30N4O4/c1-12(2)18(20)19(25)21-10-17(24)22-13-5-6-23(11-13)14-7-15(26-3)9-16(8-14)27-4/h7-9,12-13,18H,5-6,10-11,20H2,1-4H3,(H,21,25)(H,22,24)/t13?,18-/m0/s1. The van der Waals surface area contributed by atoms with E-state index in [9.17, 15) is 9.59 Å². The molecule has 1 saturated heterocycles. The van der Waals surface area contributed by atoms with Crippen molar-refractivity contribution in [1.29, 1.82) is 0 Å². The Hall–Kier alpha value is -2.48. The number of methoxy groups -OCH3 is 2.